The van der Waals surface area contributed by atoms with Gasteiger partial charge in [0.1, 0.15) is 0 Å². The molecule has 0 fully saturated rings. The molecule has 1 aromatic rings. The molecule has 1 aromatic carbocycles. The Bertz CT molecular complexity index is 643. The van der Waals surface area contributed by atoms with Crippen molar-refractivity contribution < 1.29 is 0 Å². The second-order valence-electron chi connectivity index (χ2n) is 4.67. The molecule has 1 aliphatic heterocycles. The van der Waals surface area contributed by atoms with Crippen molar-refractivity contribution in [1.29, 1.82) is 10.5 Å². The Hall–Kier alpha value is -2.78. The van der Waals surface area contributed by atoms with Crippen molar-refractivity contribution in [3.05, 3.63) is 64.5 Å². The van der Waals surface area contributed by atoms with Crippen LogP contribution in [0.5, 0.6) is 0 Å². The van der Waals surface area contributed by atoms with Crippen LogP contribution < -0.4 is 5.32 Å². The van der Waals surface area contributed by atoms with Gasteiger partial charge in [-0.25, -0.2) is 0 Å². The summed E-state index contributed by atoms with van der Waals surface area (Å²) in [4.78, 5) is 0. The van der Waals surface area contributed by atoms with Gasteiger partial charge in [-0.1, -0.05) is 42.5 Å². The molecule has 20 heavy (non-hydrogen) atoms. The van der Waals surface area contributed by atoms with Gasteiger partial charge >= 0.3 is 0 Å². The minimum atomic E-state index is -0.272. The van der Waals surface area contributed by atoms with Gasteiger partial charge in [0.25, 0.3) is 0 Å². The third kappa shape index (κ3) is 2.63. The van der Waals surface area contributed by atoms with E-state index >= 15 is 0 Å². The van der Waals surface area contributed by atoms with Gasteiger partial charge in [-0.3, -0.25) is 0 Å². The predicted octanol–water partition coefficient (Wildman–Crippen LogP) is 3.51. The molecule has 0 atom stereocenters. The lowest BCUT2D eigenvalue weighted by molar-refractivity contribution is 0.799. The van der Waals surface area contributed by atoms with E-state index in [4.69, 9.17) is 0 Å². The first kappa shape index (κ1) is 13.6. The molecule has 0 amide bonds. The molecule has 3 heteroatoms. The summed E-state index contributed by atoms with van der Waals surface area (Å²) in [6.07, 6.45) is 3.87. The second kappa shape index (κ2) is 5.91. The molecule has 2 rings (SSSR count). The smallest absolute Gasteiger partial charge is 0.0975 e. The molecule has 0 saturated carbocycles. The van der Waals surface area contributed by atoms with Crippen LogP contribution in [0.3, 0.4) is 0 Å². The monoisotopic (exact) mass is 261 g/mol. The highest BCUT2D eigenvalue weighted by molar-refractivity contribution is 5.56. The third-order valence-electron chi connectivity index (χ3n) is 3.33. The van der Waals surface area contributed by atoms with E-state index in [1.165, 1.54) is 0 Å². The lowest BCUT2D eigenvalue weighted by Crippen LogP contribution is -2.23. The van der Waals surface area contributed by atoms with Crippen LogP contribution in [0.4, 0.5) is 0 Å². The largest absolute Gasteiger partial charge is 0.361 e. The van der Waals surface area contributed by atoms with Crippen molar-refractivity contribution in [2.24, 2.45) is 5.92 Å². The number of hydrogen-bond donors (Lipinski definition) is 1. The number of allylic oxidation sites excluding steroid dienone is 5. The Balaban J connectivity index is 2.40. The molecule has 0 bridgehead atoms. The number of nitrogens with one attached hydrogen (secondary N) is 1. The SMILES string of the molecule is CC1=C(C#N)C(C=Cc2ccccc2)C(C#N)=C(C)N1. The maximum absolute atomic E-state index is 9.31. The molecular weight excluding hydrogens is 246 g/mol. The van der Waals surface area contributed by atoms with Gasteiger partial charge in [-0.05, 0) is 19.4 Å². The maximum Gasteiger partial charge on any atom is 0.0975 e. The second-order valence-corrected chi connectivity index (χ2v) is 4.67. The van der Waals surface area contributed by atoms with Crippen LogP contribution in [0.15, 0.2) is 58.9 Å². The summed E-state index contributed by atoms with van der Waals surface area (Å²) in [5.74, 6) is -0.272. The van der Waals surface area contributed by atoms with Crippen LogP contribution in [0.2, 0.25) is 0 Å². The summed E-state index contributed by atoms with van der Waals surface area (Å²) in [5.41, 5.74) is 3.87. The summed E-state index contributed by atoms with van der Waals surface area (Å²) >= 11 is 0. The van der Waals surface area contributed by atoms with E-state index in [1.807, 2.05) is 56.3 Å². The van der Waals surface area contributed by atoms with Crippen molar-refractivity contribution >= 4 is 6.08 Å². The van der Waals surface area contributed by atoms with Crippen LogP contribution >= 0.6 is 0 Å². The first-order valence-electron chi connectivity index (χ1n) is 6.39. The fourth-order valence-electron chi connectivity index (χ4n) is 2.30. The zero-order chi connectivity index (χ0) is 14.5. The number of rotatable bonds is 2. The minimum Gasteiger partial charge on any atom is -0.361 e. The number of hydrogen-bond acceptors (Lipinski definition) is 3. The van der Waals surface area contributed by atoms with Gasteiger partial charge in [0.15, 0.2) is 0 Å². The number of benzene rings is 1. The van der Waals surface area contributed by atoms with E-state index in [1.54, 1.807) is 0 Å². The van der Waals surface area contributed by atoms with E-state index in [0.29, 0.717) is 11.1 Å². The molecule has 0 unspecified atom stereocenters. The van der Waals surface area contributed by atoms with Crippen molar-refractivity contribution in [2.45, 2.75) is 13.8 Å². The van der Waals surface area contributed by atoms with E-state index in [2.05, 4.69) is 17.5 Å². The van der Waals surface area contributed by atoms with E-state index in [-0.39, 0.29) is 5.92 Å². The average molecular weight is 261 g/mol. The summed E-state index contributed by atoms with van der Waals surface area (Å²) in [6, 6.07) is 14.3. The summed E-state index contributed by atoms with van der Waals surface area (Å²) in [5, 5.41) is 21.7. The van der Waals surface area contributed by atoms with Crippen molar-refractivity contribution in [3.63, 3.8) is 0 Å². The number of nitriles is 2. The van der Waals surface area contributed by atoms with Crippen LogP contribution in [-0.4, -0.2) is 0 Å². The highest BCUT2D eigenvalue weighted by Gasteiger charge is 2.25. The molecule has 0 saturated heterocycles. The molecule has 1 aliphatic rings. The summed E-state index contributed by atoms with van der Waals surface area (Å²) in [6.45, 7) is 3.72. The quantitative estimate of drug-likeness (QED) is 0.886. The molecule has 0 aliphatic carbocycles. The van der Waals surface area contributed by atoms with Crippen molar-refractivity contribution in [2.75, 3.05) is 0 Å². The Morgan fingerprint density at radius 3 is 2.05 bits per heavy atom. The third-order valence-corrected chi connectivity index (χ3v) is 3.33. The Kier molecular flexibility index (Phi) is 4.03. The van der Waals surface area contributed by atoms with Crippen molar-refractivity contribution in [1.82, 2.24) is 5.32 Å². The van der Waals surface area contributed by atoms with E-state index in [9.17, 15) is 10.5 Å². The molecule has 0 radical (unpaired) electrons. The standard InChI is InChI=1S/C17H15N3/c1-12-16(10-18)15(17(11-19)13(2)20-12)9-8-14-6-4-3-5-7-14/h3-9,15,20H,1-2H3. The molecule has 3 nitrogen and oxygen atoms in total. The highest BCUT2D eigenvalue weighted by atomic mass is 14.9. The van der Waals surface area contributed by atoms with Gasteiger partial charge in [0.05, 0.1) is 29.2 Å². The molecule has 0 aromatic heterocycles. The minimum absolute atomic E-state index is 0.272. The summed E-state index contributed by atoms with van der Waals surface area (Å²) < 4.78 is 0. The van der Waals surface area contributed by atoms with Crippen LogP contribution in [0, 0.1) is 28.6 Å². The fourth-order valence-corrected chi connectivity index (χ4v) is 2.30. The lowest BCUT2D eigenvalue weighted by Gasteiger charge is -2.23. The Morgan fingerprint density at radius 2 is 1.55 bits per heavy atom. The molecule has 1 heterocycles. The summed E-state index contributed by atoms with van der Waals surface area (Å²) in [7, 11) is 0. The number of dihydropyridines is 1. The van der Waals surface area contributed by atoms with E-state index in [0.717, 1.165) is 17.0 Å². The number of nitrogens with zero attached hydrogens (tertiary/aromatic N) is 2. The zero-order valence-electron chi connectivity index (χ0n) is 11.5. The molecule has 1 N–H and O–H groups in total. The first-order chi connectivity index (χ1) is 9.67. The zero-order valence-corrected chi connectivity index (χ0v) is 11.5. The van der Waals surface area contributed by atoms with Gasteiger partial charge in [-0.15, -0.1) is 0 Å². The van der Waals surface area contributed by atoms with Crippen molar-refractivity contribution in [3.8, 4) is 12.1 Å². The van der Waals surface area contributed by atoms with Gasteiger partial charge in [-0.2, -0.15) is 10.5 Å². The molecule has 98 valence electrons. The highest BCUT2D eigenvalue weighted by Crippen LogP contribution is 2.30. The van der Waals surface area contributed by atoms with Crippen LogP contribution in [0.25, 0.3) is 6.08 Å². The van der Waals surface area contributed by atoms with Gasteiger partial charge in [0.2, 0.25) is 0 Å². The van der Waals surface area contributed by atoms with E-state index < -0.39 is 0 Å². The topological polar surface area (TPSA) is 59.6 Å². The van der Waals surface area contributed by atoms with Gasteiger partial charge < -0.3 is 5.32 Å². The predicted molar refractivity (Wildman–Crippen MR) is 78.7 cm³/mol. The van der Waals surface area contributed by atoms with Gasteiger partial charge in [0, 0.05) is 11.4 Å². The maximum atomic E-state index is 9.31. The Morgan fingerprint density at radius 1 is 1.00 bits per heavy atom. The normalized spacial score (nSPS) is 16.0. The van der Waals surface area contributed by atoms with Crippen LogP contribution in [0.1, 0.15) is 19.4 Å². The Labute approximate surface area is 119 Å². The molecule has 0 spiro atoms. The van der Waals surface area contributed by atoms with Crippen LogP contribution in [-0.2, 0) is 0 Å². The fraction of sp³-hybridized carbons (Fsp3) is 0.176. The lowest BCUT2D eigenvalue weighted by atomic mass is 9.86. The average Bonchev–Trinajstić information content (AvgIpc) is 2.46. The molecular formula is C17H15N3. The first-order valence-corrected chi connectivity index (χ1v) is 6.39.